The number of hydrogen-bond acceptors (Lipinski definition) is 4. The molecule has 2 aromatic rings. The molecule has 0 aliphatic carbocycles. The number of amides is 2. The third-order valence-corrected chi connectivity index (χ3v) is 4.89. The number of nitrogens with zero attached hydrogens (tertiary/aromatic N) is 4. The molecular formula is C20H27N5O. The number of rotatable bonds is 4. The van der Waals surface area contributed by atoms with Crippen LogP contribution in [0, 0.1) is 6.92 Å². The van der Waals surface area contributed by atoms with E-state index in [9.17, 15) is 4.79 Å². The first-order chi connectivity index (χ1) is 12.6. The molecule has 1 N–H and O–H groups in total. The van der Waals surface area contributed by atoms with Gasteiger partial charge in [0, 0.05) is 38.1 Å². The smallest absolute Gasteiger partial charge is 0.323 e. The Bertz CT molecular complexity index is 704. The summed E-state index contributed by atoms with van der Waals surface area (Å²) in [4.78, 5) is 25.4. The van der Waals surface area contributed by atoms with Crippen molar-refractivity contribution in [3.63, 3.8) is 0 Å². The lowest BCUT2D eigenvalue weighted by molar-refractivity contribution is 0.200. The largest absolute Gasteiger partial charge is 0.324 e. The van der Waals surface area contributed by atoms with Crippen molar-refractivity contribution >= 4 is 11.8 Å². The third kappa shape index (κ3) is 5.02. The number of urea groups is 1. The zero-order chi connectivity index (χ0) is 18.4. The minimum Gasteiger partial charge on any atom is -0.324 e. The van der Waals surface area contributed by atoms with Crippen LogP contribution in [0.15, 0.2) is 42.7 Å². The van der Waals surface area contributed by atoms with Gasteiger partial charge in [-0.05, 0) is 57.0 Å². The molecule has 26 heavy (non-hydrogen) atoms. The molecule has 1 aliphatic rings. The number of carbonyl (C=O) groups is 1. The van der Waals surface area contributed by atoms with Gasteiger partial charge in [0.1, 0.15) is 5.82 Å². The summed E-state index contributed by atoms with van der Waals surface area (Å²) in [6, 6.07) is 10.2. The number of aromatic nitrogens is 2. The van der Waals surface area contributed by atoms with Crippen molar-refractivity contribution in [1.82, 2.24) is 19.8 Å². The molecular weight excluding hydrogens is 326 g/mol. The fraction of sp³-hybridized carbons (Fsp3) is 0.450. The average molecular weight is 353 g/mol. The lowest BCUT2D eigenvalue weighted by atomic mass is 10.1. The minimum absolute atomic E-state index is 0.0608. The highest BCUT2D eigenvalue weighted by Gasteiger charge is 2.23. The van der Waals surface area contributed by atoms with Crippen molar-refractivity contribution in [2.75, 3.05) is 25.5 Å². The molecule has 1 aliphatic heterocycles. The van der Waals surface area contributed by atoms with Gasteiger partial charge in [-0.1, -0.05) is 12.1 Å². The zero-order valence-corrected chi connectivity index (χ0v) is 15.6. The lowest BCUT2D eigenvalue weighted by Crippen LogP contribution is -2.37. The molecule has 2 amide bonds. The fourth-order valence-electron chi connectivity index (χ4n) is 3.33. The van der Waals surface area contributed by atoms with Crippen LogP contribution in [0.4, 0.5) is 10.6 Å². The van der Waals surface area contributed by atoms with E-state index >= 15 is 0 Å². The van der Waals surface area contributed by atoms with E-state index in [1.807, 2.05) is 42.3 Å². The van der Waals surface area contributed by atoms with Crippen molar-refractivity contribution in [3.05, 3.63) is 54.0 Å². The van der Waals surface area contributed by atoms with E-state index in [2.05, 4.69) is 33.3 Å². The van der Waals surface area contributed by atoms with Crippen molar-refractivity contribution in [1.29, 1.82) is 0 Å². The maximum absolute atomic E-state index is 12.5. The zero-order valence-electron chi connectivity index (χ0n) is 15.6. The number of aryl methyl sites for hydroxylation is 1. The van der Waals surface area contributed by atoms with Gasteiger partial charge in [-0.2, -0.15) is 0 Å². The van der Waals surface area contributed by atoms with Crippen LogP contribution in [0.25, 0.3) is 0 Å². The van der Waals surface area contributed by atoms with E-state index in [0.29, 0.717) is 11.9 Å². The normalized spacial score (nSPS) is 17.8. The van der Waals surface area contributed by atoms with E-state index in [-0.39, 0.29) is 6.03 Å². The van der Waals surface area contributed by atoms with Gasteiger partial charge in [0.2, 0.25) is 0 Å². The van der Waals surface area contributed by atoms with E-state index in [4.69, 9.17) is 0 Å². The number of nitrogens with one attached hydrogen (secondary N) is 1. The SMILES string of the molecule is Cc1ccc(NC(=O)N2CCC[C@H](N(C)Cc3ccccn3)CC2)nc1. The topological polar surface area (TPSA) is 61.4 Å². The van der Waals surface area contributed by atoms with Crippen LogP contribution >= 0.6 is 0 Å². The molecule has 0 saturated carbocycles. The molecule has 0 aromatic carbocycles. The summed E-state index contributed by atoms with van der Waals surface area (Å²) in [6.45, 7) is 4.36. The molecule has 1 fully saturated rings. The number of anilines is 1. The number of hydrogen-bond donors (Lipinski definition) is 1. The first-order valence-electron chi connectivity index (χ1n) is 9.20. The van der Waals surface area contributed by atoms with Crippen LogP contribution < -0.4 is 5.32 Å². The highest BCUT2D eigenvalue weighted by atomic mass is 16.2. The van der Waals surface area contributed by atoms with Crippen molar-refractivity contribution in [3.8, 4) is 0 Å². The monoisotopic (exact) mass is 353 g/mol. The highest BCUT2D eigenvalue weighted by Crippen LogP contribution is 2.18. The van der Waals surface area contributed by atoms with Crippen molar-refractivity contribution in [2.24, 2.45) is 0 Å². The predicted octanol–water partition coefficient (Wildman–Crippen LogP) is 3.30. The second-order valence-electron chi connectivity index (χ2n) is 6.96. The molecule has 1 atom stereocenters. The molecule has 0 bridgehead atoms. The van der Waals surface area contributed by atoms with Crippen LogP contribution in [0.3, 0.4) is 0 Å². The van der Waals surface area contributed by atoms with Crippen molar-refractivity contribution in [2.45, 2.75) is 38.8 Å². The average Bonchev–Trinajstić information content (AvgIpc) is 2.91. The molecule has 6 heteroatoms. The maximum atomic E-state index is 12.5. The maximum Gasteiger partial charge on any atom is 0.323 e. The second-order valence-corrected chi connectivity index (χ2v) is 6.96. The van der Waals surface area contributed by atoms with Crippen LogP contribution in [-0.2, 0) is 6.54 Å². The summed E-state index contributed by atoms with van der Waals surface area (Å²) in [5.74, 6) is 0.605. The Morgan fingerprint density at radius 3 is 2.85 bits per heavy atom. The molecule has 0 spiro atoms. The number of carbonyl (C=O) groups excluding carboxylic acids is 1. The van der Waals surface area contributed by atoms with Crippen LogP contribution in [0.5, 0.6) is 0 Å². The van der Waals surface area contributed by atoms with Gasteiger partial charge in [-0.3, -0.25) is 15.2 Å². The molecule has 3 rings (SSSR count). The Morgan fingerprint density at radius 1 is 1.23 bits per heavy atom. The molecule has 2 aromatic heterocycles. The van der Waals surface area contributed by atoms with Crippen molar-refractivity contribution < 1.29 is 4.79 Å². The third-order valence-electron chi connectivity index (χ3n) is 4.89. The van der Waals surface area contributed by atoms with Gasteiger partial charge in [-0.15, -0.1) is 0 Å². The Morgan fingerprint density at radius 2 is 2.12 bits per heavy atom. The Hall–Kier alpha value is -2.47. The lowest BCUT2D eigenvalue weighted by Gasteiger charge is -2.27. The summed E-state index contributed by atoms with van der Waals surface area (Å²) >= 11 is 0. The number of likely N-dealkylation sites (tertiary alicyclic amines) is 1. The molecule has 3 heterocycles. The van der Waals surface area contributed by atoms with E-state index in [1.165, 1.54) is 0 Å². The summed E-state index contributed by atoms with van der Waals surface area (Å²) in [5.41, 5.74) is 2.16. The molecule has 1 saturated heterocycles. The predicted molar refractivity (Wildman–Crippen MR) is 103 cm³/mol. The minimum atomic E-state index is -0.0608. The highest BCUT2D eigenvalue weighted by molar-refractivity contribution is 5.88. The Balaban J connectivity index is 1.52. The van der Waals surface area contributed by atoms with Gasteiger partial charge < -0.3 is 4.90 Å². The molecule has 0 radical (unpaired) electrons. The van der Waals surface area contributed by atoms with E-state index < -0.39 is 0 Å². The Labute approximate surface area is 155 Å². The number of pyridine rings is 2. The summed E-state index contributed by atoms with van der Waals surface area (Å²) in [7, 11) is 2.14. The summed E-state index contributed by atoms with van der Waals surface area (Å²) in [6.07, 6.45) is 6.67. The second kappa shape index (κ2) is 8.76. The quantitative estimate of drug-likeness (QED) is 0.916. The molecule has 0 unspecified atom stereocenters. The summed E-state index contributed by atoms with van der Waals surface area (Å²) < 4.78 is 0. The van der Waals surface area contributed by atoms with Gasteiger partial charge in [-0.25, -0.2) is 9.78 Å². The van der Waals surface area contributed by atoms with E-state index in [1.54, 1.807) is 6.20 Å². The van der Waals surface area contributed by atoms with Crippen LogP contribution in [0.1, 0.15) is 30.5 Å². The molecule has 138 valence electrons. The summed E-state index contributed by atoms with van der Waals surface area (Å²) in [5, 5.41) is 2.90. The van der Waals surface area contributed by atoms with Crippen LogP contribution in [-0.4, -0.2) is 52.0 Å². The fourth-order valence-corrected chi connectivity index (χ4v) is 3.33. The van der Waals surface area contributed by atoms with Gasteiger partial charge in [0.05, 0.1) is 5.69 Å². The van der Waals surface area contributed by atoms with Gasteiger partial charge >= 0.3 is 6.03 Å². The van der Waals surface area contributed by atoms with Gasteiger partial charge in [0.15, 0.2) is 0 Å². The van der Waals surface area contributed by atoms with Gasteiger partial charge in [0.25, 0.3) is 0 Å². The first-order valence-corrected chi connectivity index (χ1v) is 9.20. The standard InChI is InChI=1S/C20H27N5O/c1-16-8-9-19(22-14-16)23-20(26)25-12-5-7-18(10-13-25)24(2)15-17-6-3-4-11-21-17/h3-4,6,8-9,11,14,18H,5,7,10,12-13,15H2,1-2H3,(H,22,23,26)/t18-/m0/s1. The van der Waals surface area contributed by atoms with Crippen LogP contribution in [0.2, 0.25) is 0 Å². The molecule has 6 nitrogen and oxygen atoms in total. The van der Waals surface area contributed by atoms with E-state index in [0.717, 1.165) is 50.2 Å². The Kier molecular flexibility index (Phi) is 6.17. The first kappa shape index (κ1) is 18.3.